The molecule has 3 rings (SSSR count). The normalized spacial score (nSPS) is 13.8. The minimum Gasteiger partial charge on any atom is -0.454 e. The minimum absolute atomic E-state index is 0.170. The van der Waals surface area contributed by atoms with E-state index in [4.69, 9.17) is 25.8 Å². The monoisotopic (exact) mass is 432 g/mol. The molecule has 158 valence electrons. The lowest BCUT2D eigenvalue weighted by Crippen LogP contribution is -2.43. The number of carbonyl (C=O) groups excluding carboxylic acids is 3. The molecule has 0 aliphatic carbocycles. The molecule has 9 heteroatoms. The molecule has 1 aliphatic rings. The van der Waals surface area contributed by atoms with E-state index >= 15 is 0 Å². The van der Waals surface area contributed by atoms with Crippen molar-refractivity contribution in [1.82, 2.24) is 10.6 Å². The van der Waals surface area contributed by atoms with Crippen LogP contribution in [0.25, 0.3) is 0 Å². The van der Waals surface area contributed by atoms with Crippen molar-refractivity contribution < 1.29 is 28.6 Å². The van der Waals surface area contributed by atoms with Crippen molar-refractivity contribution in [3.05, 3.63) is 58.6 Å². The number of nitrogens with one attached hydrogen (secondary N) is 2. The van der Waals surface area contributed by atoms with E-state index in [0.29, 0.717) is 11.5 Å². The van der Waals surface area contributed by atoms with E-state index in [2.05, 4.69) is 10.6 Å². The van der Waals surface area contributed by atoms with Crippen molar-refractivity contribution >= 4 is 29.4 Å². The van der Waals surface area contributed by atoms with Gasteiger partial charge in [0, 0.05) is 6.54 Å². The summed E-state index contributed by atoms with van der Waals surface area (Å²) in [6.07, 6.45) is -1.04. The Morgan fingerprint density at radius 2 is 1.83 bits per heavy atom. The third-order valence-electron chi connectivity index (χ3n) is 4.39. The van der Waals surface area contributed by atoms with E-state index < -0.39 is 29.9 Å². The molecule has 2 N–H and O–H groups in total. The highest BCUT2D eigenvalue weighted by atomic mass is 35.5. The summed E-state index contributed by atoms with van der Waals surface area (Å²) in [7, 11) is 0. The van der Waals surface area contributed by atoms with E-state index in [1.165, 1.54) is 13.8 Å². The maximum absolute atomic E-state index is 12.2. The van der Waals surface area contributed by atoms with Crippen molar-refractivity contribution in [2.45, 2.75) is 32.5 Å². The summed E-state index contributed by atoms with van der Waals surface area (Å²) in [5.74, 6) is -0.443. The highest BCUT2D eigenvalue weighted by Gasteiger charge is 2.24. The van der Waals surface area contributed by atoms with Crippen LogP contribution in [0.4, 0.5) is 0 Å². The predicted molar refractivity (Wildman–Crippen MR) is 108 cm³/mol. The van der Waals surface area contributed by atoms with Gasteiger partial charge < -0.3 is 24.8 Å². The smallest absolute Gasteiger partial charge is 0.329 e. The maximum atomic E-state index is 12.2. The van der Waals surface area contributed by atoms with Crippen molar-refractivity contribution in [2.75, 3.05) is 6.79 Å². The van der Waals surface area contributed by atoms with E-state index in [0.717, 1.165) is 5.56 Å². The first kappa shape index (κ1) is 21.4. The SMILES string of the molecule is CC(OC(=O)[C@H](C)NC(=O)c1ccccc1Cl)C(=O)NCc1ccc2c(c1)OCO2. The standard InChI is InChI=1S/C21H21ClN2O6/c1-12(24-20(26)15-5-3-4-6-16(15)22)21(27)30-13(2)19(25)23-10-14-7-8-17-18(9-14)29-11-28-17/h3-9,12-13H,10-11H2,1-2H3,(H,23,25)(H,24,26)/t12-,13?/m0/s1. The Hall–Kier alpha value is -3.26. The Balaban J connectivity index is 1.47. The van der Waals surface area contributed by atoms with Crippen LogP contribution in [0.2, 0.25) is 5.02 Å². The fourth-order valence-corrected chi connectivity index (χ4v) is 2.91. The Kier molecular flexibility index (Phi) is 6.79. The highest BCUT2D eigenvalue weighted by Crippen LogP contribution is 2.32. The molecule has 2 atom stereocenters. The van der Waals surface area contributed by atoms with E-state index in [-0.39, 0.29) is 23.9 Å². The van der Waals surface area contributed by atoms with E-state index in [9.17, 15) is 14.4 Å². The molecule has 2 aromatic carbocycles. The summed E-state index contributed by atoms with van der Waals surface area (Å²) in [6.45, 7) is 3.32. The summed E-state index contributed by atoms with van der Waals surface area (Å²) in [5.41, 5.74) is 1.06. The highest BCUT2D eigenvalue weighted by molar-refractivity contribution is 6.33. The molecule has 2 aromatic rings. The van der Waals surface area contributed by atoms with Gasteiger partial charge in [-0.2, -0.15) is 0 Å². The fraction of sp³-hybridized carbons (Fsp3) is 0.286. The minimum atomic E-state index is -1.04. The third-order valence-corrected chi connectivity index (χ3v) is 4.72. The topological polar surface area (TPSA) is 103 Å². The molecule has 2 amide bonds. The van der Waals surface area contributed by atoms with Crippen molar-refractivity contribution in [3.63, 3.8) is 0 Å². The van der Waals surface area contributed by atoms with Crippen LogP contribution in [0, 0.1) is 0 Å². The predicted octanol–water partition coefficient (Wildman–Crippen LogP) is 2.44. The lowest BCUT2D eigenvalue weighted by molar-refractivity contribution is -0.156. The zero-order valence-electron chi connectivity index (χ0n) is 16.4. The van der Waals surface area contributed by atoms with E-state index in [1.807, 2.05) is 0 Å². The first-order valence-corrected chi connectivity index (χ1v) is 9.65. The van der Waals surface area contributed by atoms with Gasteiger partial charge in [0.2, 0.25) is 6.79 Å². The van der Waals surface area contributed by atoms with Gasteiger partial charge in [-0.1, -0.05) is 29.8 Å². The quantitative estimate of drug-likeness (QED) is 0.651. The molecular formula is C21H21ClN2O6. The van der Waals surface area contributed by atoms with Gasteiger partial charge in [-0.05, 0) is 43.7 Å². The number of fused-ring (bicyclic) bond motifs is 1. The number of amides is 2. The van der Waals surface area contributed by atoms with Crippen molar-refractivity contribution in [3.8, 4) is 11.5 Å². The molecule has 0 bridgehead atoms. The van der Waals surface area contributed by atoms with Gasteiger partial charge in [-0.3, -0.25) is 9.59 Å². The van der Waals surface area contributed by atoms with Crippen LogP contribution in [0.3, 0.4) is 0 Å². The van der Waals surface area contributed by atoms with E-state index in [1.54, 1.807) is 42.5 Å². The number of esters is 1. The molecule has 0 spiro atoms. The summed E-state index contributed by atoms with van der Waals surface area (Å²) in [6, 6.07) is 10.8. The second-order valence-electron chi connectivity index (χ2n) is 6.66. The van der Waals surface area contributed by atoms with Crippen LogP contribution in [0.5, 0.6) is 11.5 Å². The van der Waals surface area contributed by atoms with Gasteiger partial charge in [0.25, 0.3) is 11.8 Å². The summed E-state index contributed by atoms with van der Waals surface area (Å²) < 4.78 is 15.7. The summed E-state index contributed by atoms with van der Waals surface area (Å²) in [5, 5.41) is 5.47. The Labute approximate surface area is 178 Å². The zero-order chi connectivity index (χ0) is 21.7. The summed E-state index contributed by atoms with van der Waals surface area (Å²) >= 11 is 5.98. The van der Waals surface area contributed by atoms with Crippen LogP contribution in [-0.4, -0.2) is 36.7 Å². The lowest BCUT2D eigenvalue weighted by atomic mass is 10.2. The first-order chi connectivity index (χ1) is 14.3. The second-order valence-corrected chi connectivity index (χ2v) is 7.07. The molecule has 0 radical (unpaired) electrons. The zero-order valence-corrected chi connectivity index (χ0v) is 17.2. The largest absolute Gasteiger partial charge is 0.454 e. The summed E-state index contributed by atoms with van der Waals surface area (Å²) in [4.78, 5) is 36.7. The van der Waals surface area contributed by atoms with Crippen molar-refractivity contribution in [2.24, 2.45) is 0 Å². The fourth-order valence-electron chi connectivity index (χ4n) is 2.69. The van der Waals surface area contributed by atoms with Gasteiger partial charge in [0.05, 0.1) is 10.6 Å². The Bertz CT molecular complexity index is 964. The average Bonchev–Trinajstić information content (AvgIpc) is 3.19. The number of hydrogen-bond donors (Lipinski definition) is 2. The van der Waals surface area contributed by atoms with Crippen LogP contribution >= 0.6 is 11.6 Å². The molecule has 0 saturated heterocycles. The van der Waals surface area contributed by atoms with Crippen LogP contribution in [0.1, 0.15) is 29.8 Å². The maximum Gasteiger partial charge on any atom is 0.329 e. The van der Waals surface area contributed by atoms with Gasteiger partial charge in [-0.25, -0.2) is 4.79 Å². The van der Waals surface area contributed by atoms with Gasteiger partial charge in [-0.15, -0.1) is 0 Å². The molecule has 0 fully saturated rings. The van der Waals surface area contributed by atoms with Gasteiger partial charge in [0.15, 0.2) is 17.6 Å². The Morgan fingerprint density at radius 1 is 1.10 bits per heavy atom. The number of hydrogen-bond acceptors (Lipinski definition) is 6. The lowest BCUT2D eigenvalue weighted by Gasteiger charge is -2.18. The van der Waals surface area contributed by atoms with Crippen LogP contribution in [0.15, 0.2) is 42.5 Å². The molecule has 0 aromatic heterocycles. The number of benzene rings is 2. The molecule has 1 unspecified atom stereocenters. The molecule has 1 aliphatic heterocycles. The number of carbonyl (C=O) groups is 3. The third kappa shape index (κ3) is 5.21. The number of rotatable bonds is 7. The Morgan fingerprint density at radius 3 is 2.60 bits per heavy atom. The number of halogens is 1. The average molecular weight is 433 g/mol. The molecule has 0 saturated carbocycles. The molecule has 1 heterocycles. The molecule has 8 nitrogen and oxygen atoms in total. The van der Waals surface area contributed by atoms with Crippen molar-refractivity contribution in [1.29, 1.82) is 0 Å². The molecular weight excluding hydrogens is 412 g/mol. The second kappa shape index (κ2) is 9.49. The van der Waals surface area contributed by atoms with Crippen LogP contribution in [-0.2, 0) is 20.9 Å². The first-order valence-electron chi connectivity index (χ1n) is 9.27. The van der Waals surface area contributed by atoms with Crippen LogP contribution < -0.4 is 20.1 Å². The number of ether oxygens (including phenoxy) is 3. The molecule has 30 heavy (non-hydrogen) atoms. The van der Waals surface area contributed by atoms with Gasteiger partial charge in [0.1, 0.15) is 6.04 Å². The van der Waals surface area contributed by atoms with Gasteiger partial charge >= 0.3 is 5.97 Å².